The average Bonchev–Trinajstić information content (AvgIpc) is 3.30. The molecule has 0 bridgehead atoms. The SMILES string of the molecule is C[C@H](/C=C/CCO)[C@@]1(O)C(=O)N(Cc2ccc(N3CCOC3=O)cc2)c2ccccc21. The van der Waals surface area contributed by atoms with Gasteiger partial charge < -0.3 is 19.8 Å². The molecule has 162 valence electrons. The first-order valence-corrected chi connectivity index (χ1v) is 10.4. The lowest BCUT2D eigenvalue weighted by Crippen LogP contribution is -2.44. The summed E-state index contributed by atoms with van der Waals surface area (Å²) in [7, 11) is 0. The van der Waals surface area contributed by atoms with Crippen LogP contribution < -0.4 is 9.80 Å². The Hall–Kier alpha value is -3.16. The number of anilines is 2. The zero-order valence-electron chi connectivity index (χ0n) is 17.4. The highest BCUT2D eigenvalue weighted by atomic mass is 16.6. The van der Waals surface area contributed by atoms with Crippen molar-refractivity contribution in [1.82, 2.24) is 0 Å². The van der Waals surface area contributed by atoms with Crippen LogP contribution in [0.25, 0.3) is 0 Å². The number of amides is 2. The van der Waals surface area contributed by atoms with Gasteiger partial charge >= 0.3 is 6.09 Å². The molecule has 2 aliphatic rings. The number of aliphatic hydroxyl groups is 2. The second-order valence-electron chi connectivity index (χ2n) is 7.84. The highest BCUT2D eigenvalue weighted by Gasteiger charge is 2.52. The van der Waals surface area contributed by atoms with Crippen LogP contribution >= 0.6 is 0 Å². The second-order valence-corrected chi connectivity index (χ2v) is 7.84. The molecule has 0 radical (unpaired) electrons. The number of hydrogen-bond donors (Lipinski definition) is 2. The first kappa shape index (κ1) is 21.1. The van der Waals surface area contributed by atoms with Crippen molar-refractivity contribution in [3.63, 3.8) is 0 Å². The van der Waals surface area contributed by atoms with E-state index in [-0.39, 0.29) is 18.6 Å². The summed E-state index contributed by atoms with van der Waals surface area (Å²) in [5.74, 6) is -0.830. The lowest BCUT2D eigenvalue weighted by atomic mass is 9.83. The third-order valence-corrected chi connectivity index (χ3v) is 5.91. The van der Waals surface area contributed by atoms with Gasteiger partial charge in [-0.2, -0.15) is 0 Å². The summed E-state index contributed by atoms with van der Waals surface area (Å²) in [6, 6.07) is 14.7. The van der Waals surface area contributed by atoms with Crippen LogP contribution in [0.3, 0.4) is 0 Å². The molecule has 4 rings (SSSR count). The molecule has 2 heterocycles. The van der Waals surface area contributed by atoms with Gasteiger partial charge in [0.2, 0.25) is 0 Å². The van der Waals surface area contributed by atoms with E-state index < -0.39 is 11.5 Å². The van der Waals surface area contributed by atoms with Gasteiger partial charge in [-0.3, -0.25) is 9.69 Å². The van der Waals surface area contributed by atoms with Crippen molar-refractivity contribution in [2.24, 2.45) is 5.92 Å². The molecule has 1 fully saturated rings. The van der Waals surface area contributed by atoms with Gasteiger partial charge in [-0.1, -0.05) is 49.4 Å². The number of rotatable bonds is 7. The molecule has 0 unspecified atom stereocenters. The molecule has 2 atom stereocenters. The van der Waals surface area contributed by atoms with E-state index in [1.807, 2.05) is 42.5 Å². The Morgan fingerprint density at radius 1 is 1.16 bits per heavy atom. The lowest BCUT2D eigenvalue weighted by molar-refractivity contribution is -0.139. The Morgan fingerprint density at radius 3 is 2.58 bits per heavy atom. The number of para-hydroxylation sites is 1. The molecule has 31 heavy (non-hydrogen) atoms. The Kier molecular flexibility index (Phi) is 5.80. The van der Waals surface area contributed by atoms with Crippen molar-refractivity contribution in [2.75, 3.05) is 29.6 Å². The largest absolute Gasteiger partial charge is 0.447 e. The zero-order chi connectivity index (χ0) is 22.0. The number of benzene rings is 2. The van der Waals surface area contributed by atoms with Crippen molar-refractivity contribution < 1.29 is 24.5 Å². The average molecular weight is 422 g/mol. The molecule has 2 aromatic rings. The number of fused-ring (bicyclic) bond motifs is 1. The van der Waals surface area contributed by atoms with Crippen LogP contribution in [0.2, 0.25) is 0 Å². The summed E-state index contributed by atoms with van der Waals surface area (Å²) in [6.45, 7) is 3.02. The molecule has 0 saturated carbocycles. The molecule has 7 heteroatoms. The Morgan fingerprint density at radius 2 is 1.90 bits per heavy atom. The van der Waals surface area contributed by atoms with Crippen LogP contribution in [0.5, 0.6) is 0 Å². The molecule has 1 saturated heterocycles. The third kappa shape index (κ3) is 3.71. The summed E-state index contributed by atoms with van der Waals surface area (Å²) in [4.78, 5) is 28.3. The van der Waals surface area contributed by atoms with Gasteiger partial charge in [-0.25, -0.2) is 4.79 Å². The van der Waals surface area contributed by atoms with Crippen LogP contribution in [-0.2, 0) is 21.7 Å². The summed E-state index contributed by atoms with van der Waals surface area (Å²) >= 11 is 0. The number of aliphatic hydroxyl groups excluding tert-OH is 1. The van der Waals surface area contributed by atoms with E-state index in [1.54, 1.807) is 34.9 Å². The monoisotopic (exact) mass is 422 g/mol. The minimum Gasteiger partial charge on any atom is -0.447 e. The highest BCUT2D eigenvalue weighted by molar-refractivity contribution is 6.07. The number of ether oxygens (including phenoxy) is 1. The molecule has 0 aromatic heterocycles. The second kappa shape index (κ2) is 8.53. The number of carbonyl (C=O) groups excluding carboxylic acids is 2. The highest BCUT2D eigenvalue weighted by Crippen LogP contribution is 2.45. The predicted molar refractivity (Wildman–Crippen MR) is 117 cm³/mol. The third-order valence-electron chi connectivity index (χ3n) is 5.91. The van der Waals surface area contributed by atoms with Gasteiger partial charge in [0.15, 0.2) is 5.60 Å². The minimum absolute atomic E-state index is 0.0173. The van der Waals surface area contributed by atoms with E-state index in [0.717, 1.165) is 11.3 Å². The lowest BCUT2D eigenvalue weighted by Gasteiger charge is -2.27. The van der Waals surface area contributed by atoms with Crippen molar-refractivity contribution in [1.29, 1.82) is 0 Å². The number of carbonyl (C=O) groups is 2. The fraction of sp³-hybridized carbons (Fsp3) is 0.333. The summed E-state index contributed by atoms with van der Waals surface area (Å²) in [5, 5.41) is 20.5. The van der Waals surface area contributed by atoms with Gasteiger partial charge in [0.05, 0.1) is 18.8 Å². The minimum atomic E-state index is -1.66. The van der Waals surface area contributed by atoms with Crippen molar-refractivity contribution in [3.05, 3.63) is 71.8 Å². The fourth-order valence-corrected chi connectivity index (χ4v) is 4.16. The Bertz CT molecular complexity index is 1000. The van der Waals surface area contributed by atoms with E-state index >= 15 is 0 Å². The fourth-order valence-electron chi connectivity index (χ4n) is 4.16. The molecular weight excluding hydrogens is 396 g/mol. The maximum absolute atomic E-state index is 13.4. The van der Waals surface area contributed by atoms with Gasteiger partial charge in [0, 0.05) is 23.8 Å². The molecule has 0 aliphatic carbocycles. The maximum atomic E-state index is 13.4. The summed E-state index contributed by atoms with van der Waals surface area (Å²) < 4.78 is 4.98. The quantitative estimate of drug-likeness (QED) is 0.670. The normalized spacial score (nSPS) is 21.6. The Balaban J connectivity index is 1.59. The molecule has 2 aliphatic heterocycles. The van der Waals surface area contributed by atoms with Gasteiger partial charge in [0.25, 0.3) is 5.91 Å². The van der Waals surface area contributed by atoms with Gasteiger partial charge in [-0.15, -0.1) is 0 Å². The van der Waals surface area contributed by atoms with Gasteiger partial charge in [0.1, 0.15) is 6.61 Å². The molecule has 2 N–H and O–H groups in total. The zero-order valence-corrected chi connectivity index (χ0v) is 17.4. The summed E-state index contributed by atoms with van der Waals surface area (Å²) in [5.41, 5.74) is 1.23. The topological polar surface area (TPSA) is 90.3 Å². The molecule has 2 amide bonds. The summed E-state index contributed by atoms with van der Waals surface area (Å²) in [6.07, 6.45) is 3.67. The molecule has 7 nitrogen and oxygen atoms in total. The smallest absolute Gasteiger partial charge is 0.414 e. The standard InChI is InChI=1S/C24H26N2O5/c1-17(6-4-5-14-27)24(30)20-7-2-3-8-21(20)26(22(24)28)16-18-9-11-19(12-10-18)25-13-15-31-23(25)29/h2-4,6-12,17,27,30H,5,13-16H2,1H3/b6-4+/t17-,24+/m1/s1. The predicted octanol–water partition coefficient (Wildman–Crippen LogP) is 2.95. The van der Waals surface area contributed by atoms with Crippen LogP contribution in [0.4, 0.5) is 16.2 Å². The van der Waals surface area contributed by atoms with E-state index in [2.05, 4.69) is 0 Å². The van der Waals surface area contributed by atoms with Crippen LogP contribution in [0.15, 0.2) is 60.7 Å². The van der Waals surface area contributed by atoms with Crippen LogP contribution in [0, 0.1) is 5.92 Å². The first-order valence-electron chi connectivity index (χ1n) is 10.4. The van der Waals surface area contributed by atoms with E-state index in [1.165, 1.54) is 0 Å². The molecule has 0 spiro atoms. The van der Waals surface area contributed by atoms with Gasteiger partial charge in [-0.05, 0) is 30.2 Å². The maximum Gasteiger partial charge on any atom is 0.414 e. The molecule has 2 aromatic carbocycles. The first-order chi connectivity index (χ1) is 15.0. The van der Waals surface area contributed by atoms with Crippen molar-refractivity contribution in [2.45, 2.75) is 25.5 Å². The van der Waals surface area contributed by atoms with Crippen LogP contribution in [-0.4, -0.2) is 42.0 Å². The van der Waals surface area contributed by atoms with E-state index in [4.69, 9.17) is 9.84 Å². The molecular formula is C24H26N2O5. The Labute approximate surface area is 181 Å². The van der Waals surface area contributed by atoms with Crippen molar-refractivity contribution >= 4 is 23.4 Å². The van der Waals surface area contributed by atoms with E-state index in [0.29, 0.717) is 37.4 Å². The van der Waals surface area contributed by atoms with Crippen molar-refractivity contribution in [3.8, 4) is 0 Å². The number of nitrogens with zero attached hydrogens (tertiary/aromatic N) is 2. The number of cyclic esters (lactones) is 1. The van der Waals surface area contributed by atoms with E-state index in [9.17, 15) is 14.7 Å². The van der Waals surface area contributed by atoms with Crippen LogP contribution in [0.1, 0.15) is 24.5 Å². The number of hydrogen-bond acceptors (Lipinski definition) is 5.